The van der Waals surface area contributed by atoms with Crippen molar-refractivity contribution in [1.82, 2.24) is 15.4 Å². The molecule has 2 aromatic heterocycles. The largest absolute Gasteiger partial charge is 0.396 e. The van der Waals surface area contributed by atoms with Gasteiger partial charge in [0.05, 0.1) is 11.3 Å². The van der Waals surface area contributed by atoms with Gasteiger partial charge >= 0.3 is 0 Å². The zero-order valence-electron chi connectivity index (χ0n) is 16.7. The van der Waals surface area contributed by atoms with Crippen LogP contribution in [0.2, 0.25) is 0 Å². The summed E-state index contributed by atoms with van der Waals surface area (Å²) in [6.45, 7) is 0.198. The molecule has 0 aliphatic carbocycles. The minimum absolute atomic E-state index is 0. The van der Waals surface area contributed by atoms with E-state index in [4.69, 9.17) is 10.3 Å². The Kier molecular flexibility index (Phi) is 7.31. The molecule has 2 aromatic carbocycles. The molecule has 1 amide bonds. The van der Waals surface area contributed by atoms with Gasteiger partial charge in [0.15, 0.2) is 5.65 Å². The van der Waals surface area contributed by atoms with Gasteiger partial charge in [-0.1, -0.05) is 48.5 Å². The quantitative estimate of drug-likeness (QED) is 0.307. The molecule has 3 N–H and O–H groups in total. The number of aliphatic hydroxyl groups excluding tert-OH is 1. The standard InChI is InChI=1S/C24H21N3O3.ClH/c28-14-2-3-16-5-7-17(8-6-16)18-9-11-19(12-10-18)22-15-21(24(29)27-30)20-4-1-13-25-23(20)26-22;/h1,4-13,15,28,30H,2-3,14H2,(H,27,29);1H. The van der Waals surface area contributed by atoms with E-state index in [0.717, 1.165) is 29.5 Å². The number of fused-ring (bicyclic) bond motifs is 1. The minimum Gasteiger partial charge on any atom is -0.396 e. The van der Waals surface area contributed by atoms with Crippen LogP contribution in [-0.4, -0.2) is 32.8 Å². The molecule has 0 fully saturated rings. The van der Waals surface area contributed by atoms with Gasteiger partial charge in [-0.05, 0) is 47.7 Å². The number of benzene rings is 2. The number of hydrogen-bond acceptors (Lipinski definition) is 5. The van der Waals surface area contributed by atoms with Crippen LogP contribution in [0.1, 0.15) is 22.3 Å². The molecule has 4 rings (SSSR count). The smallest absolute Gasteiger partial charge is 0.275 e. The predicted molar refractivity (Wildman–Crippen MR) is 122 cm³/mol. The number of carbonyl (C=O) groups excluding carboxylic acids is 1. The summed E-state index contributed by atoms with van der Waals surface area (Å²) in [5.74, 6) is -0.602. The number of hydrogen-bond donors (Lipinski definition) is 3. The lowest BCUT2D eigenvalue weighted by atomic mass is 9.99. The van der Waals surface area contributed by atoms with Gasteiger partial charge in [-0.2, -0.15) is 0 Å². The number of nitrogens with zero attached hydrogens (tertiary/aromatic N) is 2. The van der Waals surface area contributed by atoms with E-state index in [1.165, 1.54) is 5.56 Å². The highest BCUT2D eigenvalue weighted by atomic mass is 35.5. The van der Waals surface area contributed by atoms with E-state index in [1.54, 1.807) is 29.9 Å². The number of halogens is 1. The summed E-state index contributed by atoms with van der Waals surface area (Å²) in [6, 6.07) is 21.3. The zero-order valence-corrected chi connectivity index (χ0v) is 17.5. The third kappa shape index (κ3) is 4.88. The van der Waals surface area contributed by atoms with Gasteiger partial charge in [-0.3, -0.25) is 10.0 Å². The summed E-state index contributed by atoms with van der Waals surface area (Å²) in [5, 5.41) is 18.6. The van der Waals surface area contributed by atoms with E-state index >= 15 is 0 Å². The normalized spacial score (nSPS) is 10.5. The van der Waals surface area contributed by atoms with Crippen LogP contribution >= 0.6 is 12.4 Å². The Labute approximate surface area is 186 Å². The number of hydroxylamine groups is 1. The number of nitrogens with one attached hydrogen (secondary N) is 1. The van der Waals surface area contributed by atoms with E-state index in [1.807, 2.05) is 24.3 Å². The van der Waals surface area contributed by atoms with Crippen LogP contribution < -0.4 is 5.48 Å². The van der Waals surface area contributed by atoms with Gasteiger partial charge in [-0.15, -0.1) is 12.4 Å². The first kappa shape index (κ1) is 22.4. The Hall–Kier alpha value is -3.32. The SMILES string of the molecule is Cl.O=C(NO)c1cc(-c2ccc(-c3ccc(CCCO)cc3)cc2)nc2ncccc12. The Morgan fingerprint density at radius 3 is 2.23 bits per heavy atom. The molecule has 0 radical (unpaired) electrons. The summed E-state index contributed by atoms with van der Waals surface area (Å²) < 4.78 is 0. The van der Waals surface area contributed by atoms with Crippen LogP contribution in [0.15, 0.2) is 72.9 Å². The van der Waals surface area contributed by atoms with Gasteiger partial charge < -0.3 is 5.11 Å². The second-order valence-electron chi connectivity index (χ2n) is 6.97. The van der Waals surface area contributed by atoms with Gasteiger partial charge in [-0.25, -0.2) is 15.4 Å². The maximum Gasteiger partial charge on any atom is 0.275 e. The van der Waals surface area contributed by atoms with E-state index < -0.39 is 5.91 Å². The average Bonchev–Trinajstić information content (AvgIpc) is 2.82. The highest BCUT2D eigenvalue weighted by molar-refractivity contribution is 6.06. The molecule has 0 saturated heterocycles. The Morgan fingerprint density at radius 1 is 0.935 bits per heavy atom. The molecular formula is C24H22ClN3O3. The average molecular weight is 436 g/mol. The molecule has 7 heteroatoms. The minimum atomic E-state index is -0.602. The topological polar surface area (TPSA) is 95.3 Å². The molecule has 158 valence electrons. The number of aliphatic hydroxyl groups is 1. The molecule has 0 aliphatic heterocycles. The number of carbonyl (C=O) groups is 1. The second-order valence-corrected chi connectivity index (χ2v) is 6.97. The monoisotopic (exact) mass is 435 g/mol. The molecule has 0 spiro atoms. The van der Waals surface area contributed by atoms with Gasteiger partial charge in [0.1, 0.15) is 0 Å². The van der Waals surface area contributed by atoms with E-state index in [0.29, 0.717) is 22.3 Å². The van der Waals surface area contributed by atoms with E-state index in [-0.39, 0.29) is 19.0 Å². The van der Waals surface area contributed by atoms with Crippen molar-refractivity contribution < 1.29 is 15.1 Å². The third-order valence-electron chi connectivity index (χ3n) is 5.02. The predicted octanol–water partition coefficient (Wildman–Crippen LogP) is 4.43. The van der Waals surface area contributed by atoms with Crippen LogP contribution in [0.4, 0.5) is 0 Å². The number of aryl methyl sites for hydroxylation is 1. The molecule has 0 unspecified atom stereocenters. The second kappa shape index (κ2) is 10.1. The zero-order chi connectivity index (χ0) is 20.9. The lowest BCUT2D eigenvalue weighted by Crippen LogP contribution is -2.19. The maximum atomic E-state index is 12.1. The van der Waals surface area contributed by atoms with Crippen LogP contribution in [0, 0.1) is 0 Å². The molecular weight excluding hydrogens is 414 g/mol. The number of rotatable bonds is 6. The van der Waals surface area contributed by atoms with E-state index in [9.17, 15) is 4.79 Å². The van der Waals surface area contributed by atoms with Crippen molar-refractivity contribution in [3.8, 4) is 22.4 Å². The maximum absolute atomic E-state index is 12.1. The van der Waals surface area contributed by atoms with Gasteiger partial charge in [0.2, 0.25) is 0 Å². The molecule has 0 saturated carbocycles. The summed E-state index contributed by atoms with van der Waals surface area (Å²) >= 11 is 0. The third-order valence-corrected chi connectivity index (χ3v) is 5.02. The highest BCUT2D eigenvalue weighted by Crippen LogP contribution is 2.27. The Bertz CT molecular complexity index is 1180. The van der Waals surface area contributed by atoms with Crippen LogP contribution in [0.3, 0.4) is 0 Å². The lowest BCUT2D eigenvalue weighted by Gasteiger charge is -2.09. The van der Waals surface area contributed by atoms with Crippen molar-refractivity contribution in [3.05, 3.63) is 84.1 Å². The van der Waals surface area contributed by atoms with Crippen molar-refractivity contribution in [2.75, 3.05) is 6.61 Å². The molecule has 31 heavy (non-hydrogen) atoms. The van der Waals surface area contributed by atoms with Gasteiger partial charge in [0.25, 0.3) is 5.91 Å². The van der Waals surface area contributed by atoms with Crippen molar-refractivity contribution in [3.63, 3.8) is 0 Å². The Morgan fingerprint density at radius 2 is 1.58 bits per heavy atom. The van der Waals surface area contributed by atoms with Crippen molar-refractivity contribution in [2.24, 2.45) is 0 Å². The van der Waals surface area contributed by atoms with Crippen molar-refractivity contribution >= 4 is 29.3 Å². The first-order valence-corrected chi connectivity index (χ1v) is 9.70. The van der Waals surface area contributed by atoms with Crippen molar-refractivity contribution in [2.45, 2.75) is 12.8 Å². The molecule has 2 heterocycles. The number of pyridine rings is 2. The molecule has 0 aliphatic rings. The van der Waals surface area contributed by atoms with Crippen LogP contribution in [0.25, 0.3) is 33.4 Å². The van der Waals surface area contributed by atoms with E-state index in [2.05, 4.69) is 34.2 Å². The molecule has 6 nitrogen and oxygen atoms in total. The van der Waals surface area contributed by atoms with Crippen LogP contribution in [0.5, 0.6) is 0 Å². The molecule has 0 atom stereocenters. The number of aromatic nitrogens is 2. The lowest BCUT2D eigenvalue weighted by molar-refractivity contribution is 0.0708. The summed E-state index contributed by atoms with van der Waals surface area (Å²) in [6.07, 6.45) is 3.24. The first-order valence-electron chi connectivity index (χ1n) is 9.70. The Balaban J connectivity index is 0.00000272. The molecule has 4 aromatic rings. The summed E-state index contributed by atoms with van der Waals surface area (Å²) in [7, 11) is 0. The fourth-order valence-electron chi connectivity index (χ4n) is 3.43. The number of amides is 1. The fraction of sp³-hybridized carbons (Fsp3) is 0.125. The fourth-order valence-corrected chi connectivity index (χ4v) is 3.43. The van der Waals surface area contributed by atoms with Crippen LogP contribution in [-0.2, 0) is 6.42 Å². The van der Waals surface area contributed by atoms with Gasteiger partial charge in [0, 0.05) is 23.8 Å². The summed E-state index contributed by atoms with van der Waals surface area (Å²) in [4.78, 5) is 20.9. The highest BCUT2D eigenvalue weighted by Gasteiger charge is 2.14. The molecule has 0 bridgehead atoms. The summed E-state index contributed by atoms with van der Waals surface area (Å²) in [5.41, 5.74) is 7.26. The van der Waals surface area contributed by atoms with Crippen molar-refractivity contribution in [1.29, 1.82) is 0 Å². The first-order chi connectivity index (χ1) is 14.7.